The van der Waals surface area contributed by atoms with Crippen molar-refractivity contribution >= 4 is 33.0 Å². The number of alkyl halides is 3. The van der Waals surface area contributed by atoms with Gasteiger partial charge in [-0.15, -0.1) is 24.5 Å². The smallest absolute Gasteiger partial charge is 0.406 e. The molecule has 1 N–H and O–H groups in total. The maximum Gasteiger partial charge on any atom is 0.573 e. The molecule has 1 aromatic heterocycles. The van der Waals surface area contributed by atoms with Gasteiger partial charge in [0.25, 0.3) is 5.91 Å². The van der Waals surface area contributed by atoms with Crippen molar-refractivity contribution in [2.24, 2.45) is 0 Å². The molecule has 0 fully saturated rings. The third-order valence-corrected chi connectivity index (χ3v) is 5.94. The number of benzene rings is 3. The molecule has 0 aliphatic rings. The maximum absolute atomic E-state index is 13.1. The number of carbonyl (C=O) groups excluding carboxylic acids is 1. The van der Waals surface area contributed by atoms with Crippen LogP contribution in [0.3, 0.4) is 0 Å². The summed E-state index contributed by atoms with van der Waals surface area (Å²) < 4.78 is 42.4. The molecule has 4 aromatic rings. The van der Waals surface area contributed by atoms with E-state index in [4.69, 9.17) is 0 Å². The Morgan fingerprint density at radius 3 is 2.48 bits per heavy atom. The van der Waals surface area contributed by atoms with Gasteiger partial charge in [0.1, 0.15) is 5.75 Å². The van der Waals surface area contributed by atoms with Crippen LogP contribution in [-0.4, -0.2) is 12.3 Å². The number of rotatable bonds is 5. The van der Waals surface area contributed by atoms with Gasteiger partial charge in [-0.1, -0.05) is 54.1 Å². The number of carbonyl (C=O) groups is 1. The minimum atomic E-state index is -4.80. The second-order valence-electron chi connectivity index (χ2n) is 7.10. The molecule has 31 heavy (non-hydrogen) atoms. The van der Waals surface area contributed by atoms with E-state index in [9.17, 15) is 18.0 Å². The highest BCUT2D eigenvalue weighted by molar-refractivity contribution is 7.21. The number of amides is 1. The lowest BCUT2D eigenvalue weighted by atomic mass is 10.0. The fraction of sp³-hybridized carbons (Fsp3) is 0.125. The van der Waals surface area contributed by atoms with Crippen LogP contribution in [0.1, 0.15) is 26.4 Å². The molecule has 0 bridgehead atoms. The van der Waals surface area contributed by atoms with E-state index in [1.165, 1.54) is 29.5 Å². The number of halogens is 3. The lowest BCUT2D eigenvalue weighted by Gasteiger charge is -2.11. The Bertz CT molecular complexity index is 1230. The Kier molecular flexibility index (Phi) is 5.69. The van der Waals surface area contributed by atoms with Crippen molar-refractivity contribution in [2.45, 2.75) is 19.7 Å². The van der Waals surface area contributed by atoms with Crippen molar-refractivity contribution in [3.05, 3.63) is 94.4 Å². The normalized spacial score (nSPS) is 11.5. The Labute approximate surface area is 181 Å². The topological polar surface area (TPSA) is 38.3 Å². The van der Waals surface area contributed by atoms with Gasteiger partial charge in [-0.3, -0.25) is 4.79 Å². The van der Waals surface area contributed by atoms with E-state index in [1.807, 2.05) is 55.5 Å². The number of ether oxygens (including phenoxy) is 1. The Morgan fingerprint density at radius 2 is 1.74 bits per heavy atom. The zero-order valence-corrected chi connectivity index (χ0v) is 17.3. The van der Waals surface area contributed by atoms with Gasteiger partial charge in [-0.2, -0.15) is 0 Å². The molecular formula is C24H18F3NO2S. The van der Waals surface area contributed by atoms with E-state index < -0.39 is 6.36 Å². The van der Waals surface area contributed by atoms with Crippen LogP contribution in [-0.2, 0) is 6.42 Å². The lowest BCUT2D eigenvalue weighted by molar-refractivity contribution is -0.274. The van der Waals surface area contributed by atoms with Gasteiger partial charge < -0.3 is 10.1 Å². The summed E-state index contributed by atoms with van der Waals surface area (Å²) in [5, 5.41) is 3.70. The minimum Gasteiger partial charge on any atom is -0.406 e. The Morgan fingerprint density at radius 1 is 1.00 bits per heavy atom. The number of fused-ring (bicyclic) bond motifs is 1. The van der Waals surface area contributed by atoms with E-state index in [0.29, 0.717) is 11.3 Å². The largest absolute Gasteiger partial charge is 0.573 e. The fourth-order valence-electron chi connectivity index (χ4n) is 3.33. The number of hydrogen-bond acceptors (Lipinski definition) is 3. The summed E-state index contributed by atoms with van der Waals surface area (Å²) in [6, 6.07) is 21.1. The van der Waals surface area contributed by atoms with Crippen LogP contribution < -0.4 is 10.1 Å². The van der Waals surface area contributed by atoms with E-state index in [2.05, 4.69) is 10.1 Å². The Balaban J connectivity index is 1.65. The molecule has 0 aliphatic carbocycles. The molecule has 0 unspecified atom stereocenters. The first-order chi connectivity index (χ1) is 14.8. The summed E-state index contributed by atoms with van der Waals surface area (Å²) in [6.45, 7) is 2.01. The quantitative estimate of drug-likeness (QED) is 0.364. The van der Waals surface area contributed by atoms with Crippen LogP contribution >= 0.6 is 11.3 Å². The second-order valence-corrected chi connectivity index (χ2v) is 8.15. The number of hydrogen-bond donors (Lipinski definition) is 1. The van der Waals surface area contributed by atoms with Crippen LogP contribution in [0.15, 0.2) is 72.8 Å². The van der Waals surface area contributed by atoms with E-state index in [-0.39, 0.29) is 17.3 Å². The highest BCUT2D eigenvalue weighted by atomic mass is 32.1. The van der Waals surface area contributed by atoms with Gasteiger partial charge in [-0.05, 0) is 48.1 Å². The molecule has 0 aliphatic heterocycles. The molecule has 3 nitrogen and oxygen atoms in total. The van der Waals surface area contributed by atoms with E-state index in [1.54, 1.807) is 0 Å². The van der Waals surface area contributed by atoms with Crippen molar-refractivity contribution in [3.8, 4) is 5.75 Å². The fourth-order valence-corrected chi connectivity index (χ4v) is 4.44. The van der Waals surface area contributed by atoms with E-state index >= 15 is 0 Å². The average Bonchev–Trinajstić information content (AvgIpc) is 3.07. The number of aryl methyl sites for hydroxylation is 1. The summed E-state index contributed by atoms with van der Waals surface area (Å²) in [5.74, 6) is -0.756. The molecule has 158 valence electrons. The van der Waals surface area contributed by atoms with Crippen molar-refractivity contribution in [1.29, 1.82) is 0 Å². The molecule has 7 heteroatoms. The monoisotopic (exact) mass is 441 g/mol. The zero-order valence-electron chi connectivity index (χ0n) is 16.5. The third kappa shape index (κ3) is 5.06. The molecule has 1 amide bonds. The molecule has 0 radical (unpaired) electrons. The molecule has 0 saturated heterocycles. The molecular weight excluding hydrogens is 423 g/mol. The lowest BCUT2D eigenvalue weighted by Crippen LogP contribution is -2.17. The first-order valence-corrected chi connectivity index (χ1v) is 10.3. The van der Waals surface area contributed by atoms with Crippen molar-refractivity contribution < 1.29 is 22.7 Å². The highest BCUT2D eigenvalue weighted by Crippen LogP contribution is 2.34. The minimum absolute atomic E-state index is 0.227. The van der Waals surface area contributed by atoms with Crippen LogP contribution in [0, 0.1) is 6.92 Å². The molecule has 0 saturated carbocycles. The number of nitrogens with one attached hydrogen (secondary N) is 1. The second kappa shape index (κ2) is 8.43. The molecule has 0 atom stereocenters. The first-order valence-electron chi connectivity index (χ1n) is 9.51. The zero-order chi connectivity index (χ0) is 22.0. The van der Waals surface area contributed by atoms with Gasteiger partial charge in [0.2, 0.25) is 0 Å². The Hall–Kier alpha value is -3.32. The van der Waals surface area contributed by atoms with Crippen LogP contribution in [0.2, 0.25) is 0 Å². The van der Waals surface area contributed by atoms with E-state index in [0.717, 1.165) is 32.8 Å². The predicted molar refractivity (Wildman–Crippen MR) is 117 cm³/mol. The molecule has 1 heterocycles. The van der Waals surface area contributed by atoms with Gasteiger partial charge in [0.15, 0.2) is 0 Å². The maximum atomic E-state index is 13.1. The summed E-state index contributed by atoms with van der Waals surface area (Å²) in [7, 11) is 0. The van der Waals surface area contributed by atoms with Crippen LogP contribution in [0.25, 0.3) is 10.1 Å². The summed E-state index contributed by atoms with van der Waals surface area (Å²) in [4.78, 5) is 13.6. The van der Waals surface area contributed by atoms with Crippen LogP contribution in [0.5, 0.6) is 5.75 Å². The van der Waals surface area contributed by atoms with Gasteiger partial charge in [0.05, 0.1) is 4.88 Å². The van der Waals surface area contributed by atoms with Gasteiger partial charge in [-0.25, -0.2) is 0 Å². The van der Waals surface area contributed by atoms with Crippen molar-refractivity contribution in [1.82, 2.24) is 0 Å². The van der Waals surface area contributed by atoms with Crippen LogP contribution in [0.4, 0.5) is 18.9 Å². The summed E-state index contributed by atoms with van der Waals surface area (Å²) in [6.07, 6.45) is -4.22. The summed E-state index contributed by atoms with van der Waals surface area (Å²) >= 11 is 1.36. The predicted octanol–water partition coefficient (Wildman–Crippen LogP) is 6.95. The SMILES string of the molecule is Cc1ccc(Cc2c(C(=O)Nc3cccc(OC(F)(F)F)c3)sc3ccccc23)cc1. The molecule has 4 rings (SSSR count). The van der Waals surface area contributed by atoms with Crippen molar-refractivity contribution in [2.75, 3.05) is 5.32 Å². The first kappa shape index (κ1) is 20.9. The molecule has 0 spiro atoms. The van der Waals surface area contributed by atoms with Gasteiger partial charge in [0, 0.05) is 16.5 Å². The van der Waals surface area contributed by atoms with Crippen molar-refractivity contribution in [3.63, 3.8) is 0 Å². The van der Waals surface area contributed by atoms with Gasteiger partial charge >= 0.3 is 6.36 Å². The summed E-state index contributed by atoms with van der Waals surface area (Å²) in [5.41, 5.74) is 3.34. The standard InChI is InChI=1S/C24H18F3NO2S/c1-15-9-11-16(12-10-15)13-20-19-7-2-3-8-21(19)31-22(20)23(29)28-17-5-4-6-18(14-17)30-24(25,26)27/h2-12,14H,13H2,1H3,(H,28,29). The highest BCUT2D eigenvalue weighted by Gasteiger charge is 2.31. The number of thiophene rings is 1. The number of anilines is 1. The third-order valence-electron chi connectivity index (χ3n) is 4.73. The molecule has 3 aromatic carbocycles. The average molecular weight is 441 g/mol.